The first-order valence-corrected chi connectivity index (χ1v) is 12.4. The summed E-state index contributed by atoms with van der Waals surface area (Å²) in [4.78, 5) is 2.20. The van der Waals surface area contributed by atoms with Gasteiger partial charge in [-0.15, -0.1) is 0 Å². The molecule has 2 aromatic rings. The molecule has 3 heterocycles. The molecule has 5 heteroatoms. The Morgan fingerprint density at radius 2 is 1.84 bits per heavy atom. The molecular formula is C27H38N4O. The molecule has 0 amide bonds. The lowest BCUT2D eigenvalue weighted by atomic mass is 9.94. The molecule has 2 atom stereocenters. The van der Waals surface area contributed by atoms with Crippen LogP contribution in [-0.4, -0.2) is 43.6 Å². The Morgan fingerprint density at radius 1 is 1.03 bits per heavy atom. The summed E-state index contributed by atoms with van der Waals surface area (Å²) in [5.74, 6) is 1.15. The summed E-state index contributed by atoms with van der Waals surface area (Å²) in [5, 5.41) is 21.8. The Hall–Kier alpha value is -1.92. The quantitative estimate of drug-likeness (QED) is 0.563. The molecule has 0 aromatic heterocycles. The number of rotatable bonds is 6. The fraction of sp³-hybridized carbons (Fsp3) is 0.556. The minimum Gasteiger partial charge on any atom is -0.371 e. The van der Waals surface area contributed by atoms with Crippen LogP contribution >= 0.6 is 0 Å². The Balaban J connectivity index is 1.21. The van der Waals surface area contributed by atoms with E-state index in [1.807, 2.05) is 6.92 Å². The van der Waals surface area contributed by atoms with Crippen LogP contribution in [0.2, 0.25) is 0 Å². The lowest BCUT2D eigenvalue weighted by Gasteiger charge is -2.33. The number of fused-ring (bicyclic) bond motifs is 1. The summed E-state index contributed by atoms with van der Waals surface area (Å²) >= 11 is 0. The molecule has 0 spiro atoms. The molecule has 32 heavy (non-hydrogen) atoms. The van der Waals surface area contributed by atoms with Crippen LogP contribution in [0.25, 0.3) is 0 Å². The van der Waals surface area contributed by atoms with Crippen molar-refractivity contribution in [2.75, 3.05) is 37.6 Å². The van der Waals surface area contributed by atoms with Crippen LogP contribution in [0.1, 0.15) is 54.4 Å². The van der Waals surface area contributed by atoms with E-state index in [1.165, 1.54) is 35.1 Å². The van der Waals surface area contributed by atoms with Crippen molar-refractivity contribution in [2.45, 2.75) is 57.3 Å². The van der Waals surface area contributed by atoms with Gasteiger partial charge in [-0.1, -0.05) is 30.3 Å². The van der Waals surface area contributed by atoms with Gasteiger partial charge in [-0.2, -0.15) is 0 Å². The first kappa shape index (κ1) is 21.9. The normalized spacial score (nSPS) is 26.3. The molecule has 4 N–H and O–H groups in total. The fourth-order valence-corrected chi connectivity index (χ4v) is 5.71. The van der Waals surface area contributed by atoms with E-state index in [-0.39, 0.29) is 0 Å². The summed E-state index contributed by atoms with van der Waals surface area (Å²) in [5.41, 5.74) is 5.81. The Morgan fingerprint density at radius 3 is 2.66 bits per heavy atom. The van der Waals surface area contributed by atoms with Gasteiger partial charge in [0.05, 0.1) is 0 Å². The number of hydrogen-bond acceptors (Lipinski definition) is 5. The number of aliphatic hydroxyl groups is 1. The molecule has 3 aliphatic rings. The zero-order valence-corrected chi connectivity index (χ0v) is 19.4. The van der Waals surface area contributed by atoms with Crippen LogP contribution in [0, 0.1) is 5.92 Å². The van der Waals surface area contributed by atoms with Crippen molar-refractivity contribution in [3.8, 4) is 0 Å². The van der Waals surface area contributed by atoms with Gasteiger partial charge in [0.15, 0.2) is 0 Å². The smallest absolute Gasteiger partial charge is 0.135 e. The van der Waals surface area contributed by atoms with Crippen LogP contribution in [-0.2, 0) is 19.5 Å². The van der Waals surface area contributed by atoms with Crippen LogP contribution in [0.3, 0.4) is 0 Å². The first-order valence-electron chi connectivity index (χ1n) is 12.4. The summed E-state index contributed by atoms with van der Waals surface area (Å²) in [6, 6.07) is 15.8. The highest BCUT2D eigenvalue weighted by molar-refractivity contribution is 5.55. The van der Waals surface area contributed by atoms with E-state index in [2.05, 4.69) is 63.3 Å². The maximum atomic E-state index is 11.2. The Labute approximate surface area is 192 Å². The van der Waals surface area contributed by atoms with Gasteiger partial charge in [-0.3, -0.25) is 0 Å². The zero-order chi connectivity index (χ0) is 22.0. The third-order valence-electron chi connectivity index (χ3n) is 7.68. The lowest BCUT2D eigenvalue weighted by Crippen LogP contribution is -2.41. The fourth-order valence-electron chi connectivity index (χ4n) is 5.71. The van der Waals surface area contributed by atoms with Crippen molar-refractivity contribution in [3.05, 3.63) is 64.7 Å². The standard InChI is InChI=1S/C27H38N4O/c1-27(32)15-25(19-31(27)26-7-6-24-18-29-13-10-23(24)14-26)22-4-2-20(3-5-22)16-30-17-21-8-11-28-12-9-21/h2-7,14,21,25,28-30,32H,8-13,15-19H2,1H3. The number of anilines is 1. The molecule has 3 aliphatic heterocycles. The van der Waals surface area contributed by atoms with Crippen molar-refractivity contribution < 1.29 is 5.11 Å². The highest BCUT2D eigenvalue weighted by atomic mass is 16.3. The SMILES string of the molecule is CC1(O)CC(c2ccc(CNCC3CCNCC3)cc2)CN1c1ccc2c(c1)CCNC2. The van der Waals surface area contributed by atoms with Gasteiger partial charge in [0.25, 0.3) is 0 Å². The molecule has 2 unspecified atom stereocenters. The van der Waals surface area contributed by atoms with Gasteiger partial charge in [0.2, 0.25) is 0 Å². The van der Waals surface area contributed by atoms with Crippen molar-refractivity contribution >= 4 is 5.69 Å². The van der Waals surface area contributed by atoms with Gasteiger partial charge in [-0.05, 0) is 92.7 Å². The van der Waals surface area contributed by atoms with Crippen LogP contribution in [0.15, 0.2) is 42.5 Å². The third-order valence-corrected chi connectivity index (χ3v) is 7.68. The van der Waals surface area contributed by atoms with Crippen LogP contribution in [0.5, 0.6) is 0 Å². The third kappa shape index (κ3) is 4.86. The minimum absolute atomic E-state index is 0.347. The average Bonchev–Trinajstić information content (AvgIpc) is 3.15. The van der Waals surface area contributed by atoms with E-state index in [4.69, 9.17) is 0 Å². The van der Waals surface area contributed by atoms with E-state index < -0.39 is 5.72 Å². The maximum absolute atomic E-state index is 11.2. The summed E-state index contributed by atoms with van der Waals surface area (Å²) in [6.07, 6.45) is 4.39. The summed E-state index contributed by atoms with van der Waals surface area (Å²) in [6.45, 7) is 9.17. The van der Waals surface area contributed by atoms with Crippen molar-refractivity contribution in [2.24, 2.45) is 5.92 Å². The number of benzene rings is 2. The molecule has 0 radical (unpaired) electrons. The maximum Gasteiger partial charge on any atom is 0.135 e. The number of hydrogen-bond donors (Lipinski definition) is 4. The second-order valence-electron chi connectivity index (χ2n) is 10.2. The molecule has 0 aliphatic carbocycles. The molecule has 2 saturated heterocycles. The molecule has 5 nitrogen and oxygen atoms in total. The monoisotopic (exact) mass is 434 g/mol. The first-order chi connectivity index (χ1) is 15.6. The van der Waals surface area contributed by atoms with Crippen LogP contribution in [0.4, 0.5) is 5.69 Å². The van der Waals surface area contributed by atoms with Crippen molar-refractivity contribution in [3.63, 3.8) is 0 Å². The van der Waals surface area contributed by atoms with E-state index in [0.717, 1.165) is 70.3 Å². The predicted molar refractivity (Wildman–Crippen MR) is 131 cm³/mol. The molecule has 0 saturated carbocycles. The largest absolute Gasteiger partial charge is 0.371 e. The summed E-state index contributed by atoms with van der Waals surface area (Å²) in [7, 11) is 0. The number of piperidine rings is 1. The van der Waals surface area contributed by atoms with Crippen molar-refractivity contribution in [1.82, 2.24) is 16.0 Å². The average molecular weight is 435 g/mol. The second kappa shape index (κ2) is 9.52. The van der Waals surface area contributed by atoms with Crippen LogP contribution < -0.4 is 20.9 Å². The van der Waals surface area contributed by atoms with Gasteiger partial charge in [0.1, 0.15) is 5.72 Å². The Kier molecular flexibility index (Phi) is 6.51. The highest BCUT2D eigenvalue weighted by Crippen LogP contribution is 2.41. The molecule has 172 valence electrons. The van der Waals surface area contributed by atoms with Gasteiger partial charge >= 0.3 is 0 Å². The molecule has 2 fully saturated rings. The molecule has 0 bridgehead atoms. The topological polar surface area (TPSA) is 59.6 Å². The van der Waals surface area contributed by atoms with Crippen molar-refractivity contribution in [1.29, 1.82) is 0 Å². The molecule has 2 aromatic carbocycles. The van der Waals surface area contributed by atoms with E-state index in [1.54, 1.807) is 0 Å². The van der Waals surface area contributed by atoms with E-state index >= 15 is 0 Å². The second-order valence-corrected chi connectivity index (χ2v) is 10.2. The van der Waals surface area contributed by atoms with E-state index in [0.29, 0.717) is 5.92 Å². The lowest BCUT2D eigenvalue weighted by molar-refractivity contribution is 0.0695. The van der Waals surface area contributed by atoms with Gasteiger partial charge in [0, 0.05) is 37.7 Å². The molecular weight excluding hydrogens is 396 g/mol. The number of nitrogens with one attached hydrogen (secondary N) is 3. The van der Waals surface area contributed by atoms with Gasteiger partial charge < -0.3 is 26.0 Å². The molecule has 5 rings (SSSR count). The minimum atomic E-state index is -0.819. The summed E-state index contributed by atoms with van der Waals surface area (Å²) < 4.78 is 0. The Bertz CT molecular complexity index is 904. The highest BCUT2D eigenvalue weighted by Gasteiger charge is 2.41. The zero-order valence-electron chi connectivity index (χ0n) is 19.4. The number of nitrogens with zero attached hydrogens (tertiary/aromatic N) is 1. The predicted octanol–water partition coefficient (Wildman–Crippen LogP) is 3.12. The van der Waals surface area contributed by atoms with Gasteiger partial charge in [-0.25, -0.2) is 0 Å². The van der Waals surface area contributed by atoms with E-state index in [9.17, 15) is 5.11 Å².